The molecule has 25 heavy (non-hydrogen) atoms. The van der Waals surface area contributed by atoms with Gasteiger partial charge in [-0.15, -0.1) is 0 Å². The molecule has 0 radical (unpaired) electrons. The second-order valence-corrected chi connectivity index (χ2v) is 7.73. The topological polar surface area (TPSA) is 114 Å². The molecule has 0 aromatic carbocycles. The molecule has 5 atom stereocenters. The number of unbranched alkanes of at least 4 members (excludes halogenated alkanes) is 2. The lowest BCUT2D eigenvalue weighted by Crippen LogP contribution is -2.63. The van der Waals surface area contributed by atoms with E-state index >= 15 is 0 Å². The molecule has 2 bridgehead atoms. The monoisotopic (exact) mass is 340 g/mol. The summed E-state index contributed by atoms with van der Waals surface area (Å²) in [4.78, 5) is 0. The van der Waals surface area contributed by atoms with E-state index in [1.807, 2.05) is 0 Å². The minimum atomic E-state index is -1.70. The van der Waals surface area contributed by atoms with Crippen LogP contribution in [0.15, 0.2) is 0 Å². The Morgan fingerprint density at radius 2 is 1.92 bits per heavy atom. The zero-order valence-electron chi connectivity index (χ0n) is 14.8. The lowest BCUT2D eigenvalue weighted by Gasteiger charge is -2.52. The van der Waals surface area contributed by atoms with Gasteiger partial charge in [-0.1, -0.05) is 33.1 Å². The van der Waals surface area contributed by atoms with Crippen LogP contribution in [0.1, 0.15) is 58.8 Å². The summed E-state index contributed by atoms with van der Waals surface area (Å²) in [5.74, 6) is -1.37. The Morgan fingerprint density at radius 3 is 2.52 bits per heavy atom. The van der Waals surface area contributed by atoms with Crippen molar-refractivity contribution in [1.82, 2.24) is 0 Å². The molecule has 2 heterocycles. The molecule has 2 aliphatic heterocycles. The van der Waals surface area contributed by atoms with Gasteiger partial charge in [0.2, 0.25) is 11.7 Å². The van der Waals surface area contributed by atoms with Crippen molar-refractivity contribution in [1.29, 1.82) is 21.2 Å². The quantitative estimate of drug-likeness (QED) is 0.785. The summed E-state index contributed by atoms with van der Waals surface area (Å²) in [5.41, 5.74) is -3.24. The van der Waals surface area contributed by atoms with Gasteiger partial charge < -0.3 is 9.47 Å². The SMILES string of the molecule is CCCCCC1OC23CCC(C)CC2C(C#N)(C(=N)O3)C1(C#N)C#N. The zero-order valence-corrected chi connectivity index (χ0v) is 14.8. The van der Waals surface area contributed by atoms with Crippen molar-refractivity contribution in [2.45, 2.75) is 70.7 Å². The molecular formula is C19H24N4O2. The van der Waals surface area contributed by atoms with Gasteiger partial charge >= 0.3 is 0 Å². The second-order valence-electron chi connectivity index (χ2n) is 7.73. The third-order valence-corrected chi connectivity index (χ3v) is 6.36. The Morgan fingerprint density at radius 1 is 1.20 bits per heavy atom. The van der Waals surface area contributed by atoms with Gasteiger partial charge in [0.15, 0.2) is 10.8 Å². The fourth-order valence-electron chi connectivity index (χ4n) is 4.98. The van der Waals surface area contributed by atoms with Crippen LogP contribution in [0.25, 0.3) is 0 Å². The summed E-state index contributed by atoms with van der Waals surface area (Å²) in [6.45, 7) is 4.18. The molecule has 6 nitrogen and oxygen atoms in total. The Kier molecular flexibility index (Phi) is 4.26. The maximum absolute atomic E-state index is 10.1. The number of nitrogens with one attached hydrogen (secondary N) is 1. The van der Waals surface area contributed by atoms with Crippen LogP contribution in [0.2, 0.25) is 0 Å². The fraction of sp³-hybridized carbons (Fsp3) is 0.789. The Balaban J connectivity index is 2.13. The minimum Gasteiger partial charge on any atom is -0.447 e. The van der Waals surface area contributed by atoms with Crippen molar-refractivity contribution in [2.24, 2.45) is 22.7 Å². The van der Waals surface area contributed by atoms with Crippen molar-refractivity contribution in [3.8, 4) is 18.2 Å². The summed E-state index contributed by atoms with van der Waals surface area (Å²) < 4.78 is 12.2. The van der Waals surface area contributed by atoms with Crippen LogP contribution in [-0.4, -0.2) is 17.8 Å². The maximum Gasteiger partial charge on any atom is 0.217 e. The van der Waals surface area contributed by atoms with E-state index in [1.54, 1.807) is 0 Å². The summed E-state index contributed by atoms with van der Waals surface area (Å²) in [6.07, 6.45) is 4.74. The number of hydrogen-bond acceptors (Lipinski definition) is 6. The molecule has 132 valence electrons. The molecule has 5 unspecified atom stereocenters. The van der Waals surface area contributed by atoms with E-state index in [0.29, 0.717) is 25.2 Å². The van der Waals surface area contributed by atoms with Gasteiger partial charge in [-0.25, -0.2) is 0 Å². The molecule has 6 heteroatoms. The van der Waals surface area contributed by atoms with E-state index in [0.717, 1.165) is 25.7 Å². The first-order valence-electron chi connectivity index (χ1n) is 9.16. The summed E-state index contributed by atoms with van der Waals surface area (Å²) in [5, 5.41) is 38.5. The normalized spacial score (nSPS) is 40.9. The highest BCUT2D eigenvalue weighted by atomic mass is 16.7. The van der Waals surface area contributed by atoms with Crippen molar-refractivity contribution in [3.63, 3.8) is 0 Å². The van der Waals surface area contributed by atoms with Gasteiger partial charge in [0.1, 0.15) is 0 Å². The largest absolute Gasteiger partial charge is 0.447 e. The summed E-state index contributed by atoms with van der Waals surface area (Å²) in [7, 11) is 0. The van der Waals surface area contributed by atoms with Crippen LogP contribution in [-0.2, 0) is 9.47 Å². The van der Waals surface area contributed by atoms with E-state index in [4.69, 9.17) is 14.9 Å². The van der Waals surface area contributed by atoms with Crippen molar-refractivity contribution < 1.29 is 9.47 Å². The first-order chi connectivity index (χ1) is 12.0. The Labute approximate surface area is 148 Å². The molecule has 3 aliphatic rings. The Hall–Kier alpha value is -2.10. The number of rotatable bonds is 4. The minimum absolute atomic E-state index is 0.254. The maximum atomic E-state index is 10.1. The van der Waals surface area contributed by atoms with Crippen LogP contribution >= 0.6 is 0 Å². The lowest BCUT2D eigenvalue weighted by atomic mass is 9.51. The number of nitriles is 3. The zero-order chi connectivity index (χ0) is 18.3. The first-order valence-corrected chi connectivity index (χ1v) is 9.16. The van der Waals surface area contributed by atoms with Crippen LogP contribution in [0.5, 0.6) is 0 Å². The molecule has 2 saturated heterocycles. The van der Waals surface area contributed by atoms with E-state index in [1.165, 1.54) is 0 Å². The summed E-state index contributed by atoms with van der Waals surface area (Å²) >= 11 is 0. The first kappa shape index (κ1) is 17.7. The van der Waals surface area contributed by atoms with Crippen molar-refractivity contribution in [2.75, 3.05) is 0 Å². The average Bonchev–Trinajstić information content (AvgIpc) is 2.80. The smallest absolute Gasteiger partial charge is 0.217 e. The molecule has 1 saturated carbocycles. The molecule has 0 amide bonds. The predicted molar refractivity (Wildman–Crippen MR) is 88.8 cm³/mol. The standard InChI is InChI=1S/C19H24N4O2/c1-3-4-5-6-15-17(10-20,11-21)18(12-22)14-9-13(2)7-8-19(14,24-15)25-16(18)23/h13-15,23H,3-9H2,1-2H3. The van der Waals surface area contributed by atoms with Crippen molar-refractivity contribution >= 4 is 5.90 Å². The molecule has 1 aliphatic carbocycles. The van der Waals surface area contributed by atoms with E-state index in [-0.39, 0.29) is 5.90 Å². The van der Waals surface area contributed by atoms with Gasteiger partial charge in [-0.2, -0.15) is 15.8 Å². The fourth-order valence-corrected chi connectivity index (χ4v) is 4.98. The summed E-state index contributed by atoms with van der Waals surface area (Å²) in [6, 6.07) is 6.43. The molecule has 3 rings (SSSR count). The molecular weight excluding hydrogens is 316 g/mol. The molecule has 0 spiro atoms. The van der Waals surface area contributed by atoms with Crippen LogP contribution in [0.4, 0.5) is 0 Å². The third-order valence-electron chi connectivity index (χ3n) is 6.36. The van der Waals surface area contributed by atoms with Crippen LogP contribution in [0, 0.1) is 62.1 Å². The van der Waals surface area contributed by atoms with Gasteiger partial charge in [-0.3, -0.25) is 5.41 Å². The number of hydrogen-bond donors (Lipinski definition) is 1. The van der Waals surface area contributed by atoms with E-state index in [9.17, 15) is 15.8 Å². The third kappa shape index (κ3) is 2.06. The van der Waals surface area contributed by atoms with Crippen LogP contribution < -0.4 is 0 Å². The predicted octanol–water partition coefficient (Wildman–Crippen LogP) is 3.65. The van der Waals surface area contributed by atoms with Crippen molar-refractivity contribution in [3.05, 3.63) is 0 Å². The highest BCUT2D eigenvalue weighted by molar-refractivity contribution is 5.89. The molecule has 0 aromatic heterocycles. The van der Waals surface area contributed by atoms with Gasteiger partial charge in [-0.05, 0) is 25.2 Å². The lowest BCUT2D eigenvalue weighted by molar-refractivity contribution is -0.296. The molecule has 3 fully saturated rings. The average molecular weight is 340 g/mol. The van der Waals surface area contributed by atoms with Gasteiger partial charge in [0.05, 0.1) is 30.2 Å². The van der Waals surface area contributed by atoms with E-state index in [2.05, 4.69) is 32.1 Å². The second kappa shape index (κ2) is 6.01. The highest BCUT2D eigenvalue weighted by Gasteiger charge is 2.80. The Bertz CT molecular complexity index is 686. The number of nitrogens with zero attached hydrogens (tertiary/aromatic N) is 3. The highest BCUT2D eigenvalue weighted by Crippen LogP contribution is 2.67. The van der Waals surface area contributed by atoms with Gasteiger partial charge in [0.25, 0.3) is 0 Å². The van der Waals surface area contributed by atoms with Gasteiger partial charge in [0, 0.05) is 6.42 Å². The van der Waals surface area contributed by atoms with E-state index < -0.39 is 28.6 Å². The van der Waals surface area contributed by atoms with Crippen LogP contribution in [0.3, 0.4) is 0 Å². The number of ether oxygens (including phenoxy) is 2. The molecule has 0 aromatic rings. The molecule has 1 N–H and O–H groups in total.